The number of rotatable bonds is 4. The summed E-state index contributed by atoms with van der Waals surface area (Å²) in [6.45, 7) is 3.62. The summed E-state index contributed by atoms with van der Waals surface area (Å²) in [5.74, 6) is -0.233. The Labute approximate surface area is 187 Å². The summed E-state index contributed by atoms with van der Waals surface area (Å²) >= 11 is 0. The standard InChI is InChI=1S/C24H23F6NO2/c1-13-5-3-4-6-18(13)22-19-7-8-21(32)31(19)12-20(22)33-14(2)15-9-16(23(25,26)27)11-17(10-15)24(28,29)30/h3-6,9-11,14,19-20,22H,7-8,12H2,1-2H3/t14-,19+,20+,22?/m1/s1. The van der Waals surface area contributed by atoms with Gasteiger partial charge in [-0.05, 0) is 55.2 Å². The van der Waals surface area contributed by atoms with Crippen LogP contribution in [0.3, 0.4) is 0 Å². The van der Waals surface area contributed by atoms with Crippen LogP contribution in [0.15, 0.2) is 42.5 Å². The van der Waals surface area contributed by atoms with Gasteiger partial charge in [0.1, 0.15) is 0 Å². The molecule has 1 amide bonds. The molecule has 0 aromatic heterocycles. The maximum atomic E-state index is 13.3. The van der Waals surface area contributed by atoms with Crippen LogP contribution in [0.2, 0.25) is 0 Å². The van der Waals surface area contributed by atoms with Crippen LogP contribution < -0.4 is 0 Å². The minimum absolute atomic E-state index is 0.0178. The van der Waals surface area contributed by atoms with Crippen LogP contribution in [0.4, 0.5) is 26.3 Å². The topological polar surface area (TPSA) is 29.5 Å². The molecule has 178 valence electrons. The van der Waals surface area contributed by atoms with Crippen LogP contribution in [0.25, 0.3) is 0 Å². The number of amides is 1. The minimum atomic E-state index is -4.93. The van der Waals surface area contributed by atoms with Crippen LogP contribution in [-0.4, -0.2) is 29.5 Å². The first kappa shape index (κ1) is 23.6. The lowest BCUT2D eigenvalue weighted by molar-refractivity contribution is -0.143. The van der Waals surface area contributed by atoms with Gasteiger partial charge in [0.05, 0.1) is 23.3 Å². The average Bonchev–Trinajstić information content (AvgIpc) is 3.26. The summed E-state index contributed by atoms with van der Waals surface area (Å²) in [4.78, 5) is 14.1. The monoisotopic (exact) mass is 471 g/mol. The number of aryl methyl sites for hydroxylation is 1. The molecule has 0 N–H and O–H groups in total. The lowest BCUT2D eigenvalue weighted by Crippen LogP contribution is -2.29. The van der Waals surface area contributed by atoms with Crippen molar-refractivity contribution in [2.45, 2.75) is 63.2 Å². The van der Waals surface area contributed by atoms with E-state index in [2.05, 4.69) is 0 Å². The van der Waals surface area contributed by atoms with Crippen LogP contribution in [0.1, 0.15) is 59.6 Å². The Balaban J connectivity index is 1.68. The molecule has 0 aliphatic carbocycles. The van der Waals surface area contributed by atoms with Gasteiger partial charge in [0, 0.05) is 24.9 Å². The van der Waals surface area contributed by atoms with E-state index in [1.807, 2.05) is 31.2 Å². The molecule has 9 heteroatoms. The molecule has 0 saturated carbocycles. The quantitative estimate of drug-likeness (QED) is 0.492. The highest BCUT2D eigenvalue weighted by Crippen LogP contribution is 2.44. The number of carbonyl (C=O) groups is 1. The molecule has 3 nitrogen and oxygen atoms in total. The van der Waals surface area contributed by atoms with Crippen molar-refractivity contribution in [3.8, 4) is 0 Å². The molecule has 4 rings (SSSR count). The minimum Gasteiger partial charge on any atom is -0.368 e. The molecule has 2 aromatic rings. The van der Waals surface area contributed by atoms with Crippen LogP contribution in [-0.2, 0) is 21.9 Å². The number of hydrogen-bond acceptors (Lipinski definition) is 2. The predicted molar refractivity (Wildman–Crippen MR) is 108 cm³/mol. The number of ether oxygens (including phenoxy) is 1. The fourth-order valence-corrected chi connectivity index (χ4v) is 4.97. The third-order valence-electron chi connectivity index (χ3n) is 6.57. The zero-order valence-electron chi connectivity index (χ0n) is 18.0. The largest absolute Gasteiger partial charge is 0.416 e. The van der Waals surface area contributed by atoms with Gasteiger partial charge in [-0.1, -0.05) is 24.3 Å². The normalized spacial score (nSPS) is 24.3. The number of carbonyl (C=O) groups excluding carboxylic acids is 1. The Morgan fingerprint density at radius 3 is 2.18 bits per heavy atom. The van der Waals surface area contributed by atoms with Crippen LogP contribution in [0, 0.1) is 6.92 Å². The molecule has 0 spiro atoms. The fraction of sp³-hybridized carbons (Fsp3) is 0.458. The Hall–Kier alpha value is -2.55. The smallest absolute Gasteiger partial charge is 0.368 e. The number of halogens is 6. The van der Waals surface area contributed by atoms with Crippen molar-refractivity contribution in [3.05, 3.63) is 70.3 Å². The van der Waals surface area contributed by atoms with E-state index in [9.17, 15) is 31.1 Å². The third-order valence-corrected chi connectivity index (χ3v) is 6.57. The molecule has 2 aliphatic heterocycles. The first-order valence-electron chi connectivity index (χ1n) is 10.7. The van der Waals surface area contributed by atoms with Crippen molar-refractivity contribution >= 4 is 5.91 Å². The van der Waals surface area contributed by atoms with Gasteiger partial charge in [0.25, 0.3) is 0 Å². The first-order chi connectivity index (χ1) is 15.4. The van der Waals surface area contributed by atoms with Crippen molar-refractivity contribution in [1.82, 2.24) is 4.90 Å². The summed E-state index contributed by atoms with van der Waals surface area (Å²) in [6, 6.07) is 9.00. The molecule has 2 aromatic carbocycles. The van der Waals surface area contributed by atoms with E-state index in [1.165, 1.54) is 6.92 Å². The van der Waals surface area contributed by atoms with E-state index in [0.29, 0.717) is 25.0 Å². The molecule has 0 bridgehead atoms. The molecule has 0 radical (unpaired) electrons. The zero-order chi connectivity index (χ0) is 24.1. The molecule has 2 saturated heterocycles. The first-order valence-corrected chi connectivity index (χ1v) is 10.7. The Morgan fingerprint density at radius 1 is 1.00 bits per heavy atom. The molecular formula is C24H23F6NO2. The second-order valence-electron chi connectivity index (χ2n) is 8.69. The Bertz CT molecular complexity index is 1020. The molecular weight excluding hydrogens is 448 g/mol. The fourth-order valence-electron chi connectivity index (χ4n) is 4.97. The van der Waals surface area contributed by atoms with Crippen molar-refractivity contribution < 1.29 is 35.9 Å². The van der Waals surface area contributed by atoms with E-state index in [4.69, 9.17) is 4.74 Å². The van der Waals surface area contributed by atoms with Crippen molar-refractivity contribution in [2.75, 3.05) is 6.54 Å². The highest BCUT2D eigenvalue weighted by Gasteiger charge is 2.49. The van der Waals surface area contributed by atoms with E-state index in [0.717, 1.165) is 11.1 Å². The van der Waals surface area contributed by atoms with Gasteiger partial charge in [-0.25, -0.2) is 0 Å². The molecule has 2 aliphatic rings. The lowest BCUT2D eigenvalue weighted by atomic mass is 9.86. The van der Waals surface area contributed by atoms with Gasteiger partial charge in [0.2, 0.25) is 5.91 Å². The summed E-state index contributed by atoms with van der Waals surface area (Å²) in [5, 5.41) is 0. The van der Waals surface area contributed by atoms with Gasteiger partial charge in [-0.15, -0.1) is 0 Å². The summed E-state index contributed by atoms with van der Waals surface area (Å²) in [6.07, 6.45) is -10.4. The van der Waals surface area contributed by atoms with E-state index < -0.39 is 35.7 Å². The van der Waals surface area contributed by atoms with Crippen LogP contribution in [0.5, 0.6) is 0 Å². The number of alkyl halides is 6. The van der Waals surface area contributed by atoms with Crippen molar-refractivity contribution in [2.24, 2.45) is 0 Å². The number of hydrogen-bond donors (Lipinski definition) is 0. The van der Waals surface area contributed by atoms with Crippen molar-refractivity contribution in [3.63, 3.8) is 0 Å². The number of benzene rings is 2. The van der Waals surface area contributed by atoms with Gasteiger partial charge in [-0.3, -0.25) is 4.79 Å². The van der Waals surface area contributed by atoms with Gasteiger partial charge < -0.3 is 9.64 Å². The SMILES string of the molecule is Cc1ccccc1C1[C@@H](O[C@H](C)c2cc(C(F)(F)F)cc(C(F)(F)F)c2)CN2C(=O)CC[C@@H]12. The molecule has 2 heterocycles. The average molecular weight is 471 g/mol. The number of fused-ring (bicyclic) bond motifs is 1. The van der Waals surface area contributed by atoms with Crippen molar-refractivity contribution in [1.29, 1.82) is 0 Å². The Morgan fingerprint density at radius 2 is 1.61 bits per heavy atom. The maximum Gasteiger partial charge on any atom is 0.416 e. The second kappa shape index (κ2) is 8.34. The number of nitrogens with zero attached hydrogens (tertiary/aromatic N) is 1. The second-order valence-corrected chi connectivity index (χ2v) is 8.69. The van der Waals surface area contributed by atoms with E-state index >= 15 is 0 Å². The highest BCUT2D eigenvalue weighted by molar-refractivity contribution is 5.79. The lowest BCUT2D eigenvalue weighted by Gasteiger charge is -2.28. The molecule has 1 unspecified atom stereocenters. The summed E-state index contributed by atoms with van der Waals surface area (Å²) in [5.41, 5.74) is -1.000. The molecule has 2 fully saturated rings. The van der Waals surface area contributed by atoms with E-state index in [1.54, 1.807) is 4.90 Å². The van der Waals surface area contributed by atoms with Gasteiger partial charge in [0.15, 0.2) is 0 Å². The molecule has 4 atom stereocenters. The van der Waals surface area contributed by atoms with Gasteiger partial charge >= 0.3 is 12.4 Å². The van der Waals surface area contributed by atoms with Gasteiger partial charge in [-0.2, -0.15) is 26.3 Å². The summed E-state index contributed by atoms with van der Waals surface area (Å²) < 4.78 is 85.8. The maximum absolute atomic E-state index is 13.3. The highest BCUT2D eigenvalue weighted by atomic mass is 19.4. The third kappa shape index (κ3) is 4.60. The Kier molecular flexibility index (Phi) is 5.97. The molecule has 33 heavy (non-hydrogen) atoms. The van der Waals surface area contributed by atoms with E-state index in [-0.39, 0.29) is 36.0 Å². The van der Waals surface area contributed by atoms with Crippen LogP contribution >= 0.6 is 0 Å². The zero-order valence-corrected chi connectivity index (χ0v) is 18.0. The summed E-state index contributed by atoms with van der Waals surface area (Å²) in [7, 11) is 0. The predicted octanol–water partition coefficient (Wildman–Crippen LogP) is 6.27.